The third kappa shape index (κ3) is 3.64. The van der Waals surface area contributed by atoms with Gasteiger partial charge in [-0.3, -0.25) is 0 Å². The van der Waals surface area contributed by atoms with Crippen molar-refractivity contribution in [2.75, 3.05) is 13.7 Å². The highest BCUT2D eigenvalue weighted by Gasteiger charge is 2.20. The molecule has 1 atom stereocenters. The second kappa shape index (κ2) is 5.98. The minimum atomic E-state index is 0.151. The molecule has 1 aliphatic rings. The first-order chi connectivity index (χ1) is 6.76. The van der Waals surface area contributed by atoms with E-state index in [9.17, 15) is 0 Å². The molecule has 82 valence electrons. The van der Waals surface area contributed by atoms with Gasteiger partial charge in [-0.05, 0) is 32.6 Å². The molecule has 1 saturated carbocycles. The van der Waals surface area contributed by atoms with Crippen molar-refractivity contribution in [1.29, 1.82) is 0 Å². The van der Waals surface area contributed by atoms with Gasteiger partial charge in [0, 0.05) is 7.11 Å². The Kier molecular flexibility index (Phi) is 4.90. The largest absolute Gasteiger partial charge is 0.411 e. The van der Waals surface area contributed by atoms with Gasteiger partial charge in [0.2, 0.25) is 0 Å². The van der Waals surface area contributed by atoms with Crippen LogP contribution in [0.3, 0.4) is 0 Å². The molecule has 0 radical (unpaired) electrons. The van der Waals surface area contributed by atoms with Crippen LogP contribution >= 0.6 is 0 Å². The van der Waals surface area contributed by atoms with Crippen molar-refractivity contribution in [2.24, 2.45) is 5.16 Å². The number of nitrogens with zero attached hydrogens (tertiary/aromatic N) is 1. The summed E-state index contributed by atoms with van der Waals surface area (Å²) in [5.41, 5.74) is 0.893. The fourth-order valence-electron chi connectivity index (χ4n) is 1.76. The van der Waals surface area contributed by atoms with Crippen LogP contribution in [-0.2, 0) is 9.47 Å². The molecule has 1 unspecified atom stereocenters. The molecular formula is C10H19NO3. The molecule has 1 rings (SSSR count). The van der Waals surface area contributed by atoms with Gasteiger partial charge < -0.3 is 14.7 Å². The van der Waals surface area contributed by atoms with E-state index in [1.165, 1.54) is 0 Å². The number of hydrogen-bond donors (Lipinski definition) is 1. The van der Waals surface area contributed by atoms with Crippen LogP contribution in [0, 0.1) is 0 Å². The maximum absolute atomic E-state index is 8.57. The third-order valence-electron chi connectivity index (χ3n) is 2.48. The van der Waals surface area contributed by atoms with Gasteiger partial charge in [-0.2, -0.15) is 0 Å². The number of rotatable bonds is 4. The summed E-state index contributed by atoms with van der Waals surface area (Å²) in [6.07, 6.45) is 4.05. The Morgan fingerprint density at radius 3 is 2.64 bits per heavy atom. The minimum absolute atomic E-state index is 0.151. The summed E-state index contributed by atoms with van der Waals surface area (Å²) in [6, 6.07) is 0. The van der Waals surface area contributed by atoms with E-state index in [1.807, 2.05) is 6.92 Å². The summed E-state index contributed by atoms with van der Waals surface area (Å²) in [6.45, 7) is 2.65. The Bertz CT molecular complexity index is 184. The summed E-state index contributed by atoms with van der Waals surface area (Å²) in [5, 5.41) is 11.8. The Balaban J connectivity index is 2.21. The van der Waals surface area contributed by atoms with Crippen LogP contribution in [0.1, 0.15) is 32.6 Å². The van der Waals surface area contributed by atoms with Gasteiger partial charge in [0.25, 0.3) is 0 Å². The molecule has 1 fully saturated rings. The SMILES string of the molecule is COCC(C)OC1CCC(=NO)CC1. The van der Waals surface area contributed by atoms with Crippen LogP contribution in [0.4, 0.5) is 0 Å². The first-order valence-corrected chi connectivity index (χ1v) is 5.10. The Morgan fingerprint density at radius 1 is 1.50 bits per heavy atom. The maximum Gasteiger partial charge on any atom is 0.0784 e. The van der Waals surface area contributed by atoms with E-state index in [2.05, 4.69) is 5.16 Å². The molecule has 0 bridgehead atoms. The van der Waals surface area contributed by atoms with E-state index in [0.29, 0.717) is 12.7 Å². The lowest BCUT2D eigenvalue weighted by Crippen LogP contribution is -2.27. The zero-order valence-electron chi connectivity index (χ0n) is 8.90. The average molecular weight is 201 g/mol. The van der Waals surface area contributed by atoms with Crippen LogP contribution in [0.15, 0.2) is 5.16 Å². The van der Waals surface area contributed by atoms with Crippen molar-refractivity contribution < 1.29 is 14.7 Å². The van der Waals surface area contributed by atoms with Gasteiger partial charge in [0.1, 0.15) is 0 Å². The van der Waals surface area contributed by atoms with Crippen LogP contribution < -0.4 is 0 Å². The lowest BCUT2D eigenvalue weighted by molar-refractivity contribution is -0.0456. The summed E-state index contributed by atoms with van der Waals surface area (Å²) in [4.78, 5) is 0. The summed E-state index contributed by atoms with van der Waals surface area (Å²) in [7, 11) is 1.68. The second-order valence-electron chi connectivity index (χ2n) is 3.77. The molecule has 1 N–H and O–H groups in total. The van der Waals surface area contributed by atoms with E-state index >= 15 is 0 Å². The highest BCUT2D eigenvalue weighted by Crippen LogP contribution is 2.20. The quantitative estimate of drug-likeness (QED) is 0.557. The number of methoxy groups -OCH3 is 1. The van der Waals surface area contributed by atoms with E-state index in [-0.39, 0.29) is 6.10 Å². The second-order valence-corrected chi connectivity index (χ2v) is 3.77. The first kappa shape index (κ1) is 11.5. The number of ether oxygens (including phenoxy) is 2. The molecule has 4 heteroatoms. The van der Waals surface area contributed by atoms with Gasteiger partial charge in [-0.1, -0.05) is 5.16 Å². The standard InChI is InChI=1S/C10H19NO3/c1-8(7-13-2)14-10-5-3-9(11-12)4-6-10/h8,10,12H,3-7H2,1-2H3. The average Bonchev–Trinajstić information content (AvgIpc) is 2.19. The lowest BCUT2D eigenvalue weighted by atomic mass is 9.96. The number of hydrogen-bond acceptors (Lipinski definition) is 4. The Hall–Kier alpha value is -0.610. The van der Waals surface area contributed by atoms with E-state index < -0.39 is 0 Å². The molecule has 0 amide bonds. The molecule has 0 spiro atoms. The van der Waals surface area contributed by atoms with E-state index in [1.54, 1.807) is 7.11 Å². The molecular weight excluding hydrogens is 182 g/mol. The smallest absolute Gasteiger partial charge is 0.0784 e. The van der Waals surface area contributed by atoms with Crippen molar-refractivity contribution >= 4 is 5.71 Å². The predicted molar refractivity (Wildman–Crippen MR) is 53.9 cm³/mol. The fraction of sp³-hybridized carbons (Fsp3) is 0.900. The molecule has 1 aliphatic carbocycles. The highest BCUT2D eigenvalue weighted by atomic mass is 16.5. The van der Waals surface area contributed by atoms with Gasteiger partial charge in [0.15, 0.2) is 0 Å². The van der Waals surface area contributed by atoms with Crippen molar-refractivity contribution in [3.63, 3.8) is 0 Å². The monoisotopic (exact) mass is 201 g/mol. The summed E-state index contributed by atoms with van der Waals surface area (Å²) in [5.74, 6) is 0. The topological polar surface area (TPSA) is 51.0 Å². The van der Waals surface area contributed by atoms with E-state index in [0.717, 1.165) is 31.4 Å². The van der Waals surface area contributed by atoms with Crippen molar-refractivity contribution in [2.45, 2.75) is 44.8 Å². The molecule has 14 heavy (non-hydrogen) atoms. The Labute approximate surface area is 84.9 Å². The molecule has 0 aliphatic heterocycles. The molecule has 0 aromatic carbocycles. The van der Waals surface area contributed by atoms with Crippen LogP contribution in [0.2, 0.25) is 0 Å². The molecule has 0 aromatic rings. The zero-order chi connectivity index (χ0) is 10.4. The molecule has 0 aromatic heterocycles. The summed E-state index contributed by atoms with van der Waals surface area (Å²) < 4.78 is 10.8. The maximum atomic E-state index is 8.57. The molecule has 4 nitrogen and oxygen atoms in total. The van der Waals surface area contributed by atoms with Crippen molar-refractivity contribution in [1.82, 2.24) is 0 Å². The lowest BCUT2D eigenvalue weighted by Gasteiger charge is -2.25. The van der Waals surface area contributed by atoms with Gasteiger partial charge in [0.05, 0.1) is 24.5 Å². The van der Waals surface area contributed by atoms with E-state index in [4.69, 9.17) is 14.7 Å². The van der Waals surface area contributed by atoms with Crippen LogP contribution in [0.5, 0.6) is 0 Å². The fourth-order valence-corrected chi connectivity index (χ4v) is 1.76. The minimum Gasteiger partial charge on any atom is -0.411 e. The third-order valence-corrected chi connectivity index (χ3v) is 2.48. The zero-order valence-corrected chi connectivity index (χ0v) is 8.90. The predicted octanol–water partition coefficient (Wildman–Crippen LogP) is 1.81. The number of oxime groups is 1. The van der Waals surface area contributed by atoms with Gasteiger partial charge >= 0.3 is 0 Å². The summed E-state index contributed by atoms with van der Waals surface area (Å²) >= 11 is 0. The molecule has 0 saturated heterocycles. The van der Waals surface area contributed by atoms with Crippen molar-refractivity contribution in [3.8, 4) is 0 Å². The van der Waals surface area contributed by atoms with Crippen molar-refractivity contribution in [3.05, 3.63) is 0 Å². The van der Waals surface area contributed by atoms with Crippen LogP contribution in [0.25, 0.3) is 0 Å². The van der Waals surface area contributed by atoms with Crippen LogP contribution in [-0.4, -0.2) is 36.8 Å². The molecule has 0 heterocycles. The highest BCUT2D eigenvalue weighted by molar-refractivity contribution is 5.84. The normalized spacial score (nSPS) is 24.7. The first-order valence-electron chi connectivity index (χ1n) is 5.10. The van der Waals surface area contributed by atoms with Gasteiger partial charge in [-0.25, -0.2) is 0 Å². The van der Waals surface area contributed by atoms with Gasteiger partial charge in [-0.15, -0.1) is 0 Å². The Morgan fingerprint density at radius 2 is 2.14 bits per heavy atom.